The van der Waals surface area contributed by atoms with Crippen LogP contribution in [0.3, 0.4) is 0 Å². The predicted molar refractivity (Wildman–Crippen MR) is 49.0 cm³/mol. The Morgan fingerprint density at radius 3 is 2.50 bits per heavy atom. The highest BCUT2D eigenvalue weighted by Gasteiger charge is 1.78. The highest BCUT2D eigenvalue weighted by atomic mass is 33.3. The van der Waals surface area contributed by atoms with Crippen LogP contribution in [0.1, 0.15) is 19.8 Å². The summed E-state index contributed by atoms with van der Waals surface area (Å²) in [7, 11) is 0. The molecule has 0 radical (unpaired) electrons. The number of unbranched alkanes of at least 4 members (excludes halogenated alkanes) is 1. The molecule has 0 spiro atoms. The van der Waals surface area contributed by atoms with Crippen molar-refractivity contribution in [1.29, 1.82) is 0 Å². The Hall–Kier alpha value is 1.48. The van der Waals surface area contributed by atoms with Crippen molar-refractivity contribution in [3.63, 3.8) is 0 Å². The maximum atomic E-state index is 4.83. The molecule has 0 rings (SSSR count). The minimum Gasteiger partial charge on any atom is -0.773 e. The van der Waals surface area contributed by atoms with Gasteiger partial charge in [0.05, 0.1) is 0 Å². The topological polar surface area (TPSA) is 0 Å². The van der Waals surface area contributed by atoms with Crippen molar-refractivity contribution in [3.05, 3.63) is 0 Å². The van der Waals surface area contributed by atoms with Gasteiger partial charge in [0.1, 0.15) is 0 Å². The molecule has 0 aliphatic carbocycles. The van der Waals surface area contributed by atoms with Crippen molar-refractivity contribution in [2.24, 2.45) is 0 Å². The molecular weight excluding hydrogens is 175 g/mol. The van der Waals surface area contributed by atoms with Gasteiger partial charge >= 0.3 is 0 Å². The second kappa shape index (κ2) is 6.60. The van der Waals surface area contributed by atoms with Gasteiger partial charge in [-0.15, -0.1) is 0 Å². The first-order valence-electron chi connectivity index (χ1n) is 2.54. The van der Waals surface area contributed by atoms with Gasteiger partial charge in [-0.3, -0.25) is 0 Å². The van der Waals surface area contributed by atoms with E-state index in [4.69, 9.17) is 24.5 Å². The van der Waals surface area contributed by atoms with Crippen LogP contribution in [0.2, 0.25) is 0 Å². The lowest BCUT2D eigenvalue weighted by Gasteiger charge is -2.30. The first-order valence-corrected chi connectivity index (χ1v) is 7.50. The van der Waals surface area contributed by atoms with Crippen LogP contribution in [0.5, 0.6) is 0 Å². The van der Waals surface area contributed by atoms with Gasteiger partial charge in [0, 0.05) is 0 Å². The summed E-state index contributed by atoms with van der Waals surface area (Å²) < 4.78 is 0. The quantitative estimate of drug-likeness (QED) is 0.374. The summed E-state index contributed by atoms with van der Waals surface area (Å²) >= 11 is 11.4. The average Bonchev–Trinajstić information content (AvgIpc) is 1.66. The predicted octanol–water partition coefficient (Wildman–Crippen LogP) is 2.84. The molecule has 0 fully saturated rings. The Morgan fingerprint density at radius 1 is 1.50 bits per heavy atom. The minimum atomic E-state index is -0.529. The summed E-state index contributed by atoms with van der Waals surface area (Å²) in [5.74, 6) is 1.16. The normalized spacial score (nSPS) is 10.5. The fourth-order valence-corrected chi connectivity index (χ4v) is 3.03. The van der Waals surface area contributed by atoms with Crippen LogP contribution >= 0.6 is 16.9 Å². The van der Waals surface area contributed by atoms with E-state index in [0.717, 1.165) is 5.75 Å². The maximum Gasteiger partial charge on any atom is -0.00632 e. The second-order valence-electron chi connectivity index (χ2n) is 1.41. The van der Waals surface area contributed by atoms with E-state index in [2.05, 4.69) is 6.92 Å². The Morgan fingerprint density at radius 2 is 2.12 bits per heavy atom. The highest BCUT2D eigenvalue weighted by molar-refractivity contribution is 8.98. The lowest BCUT2D eigenvalue weighted by molar-refractivity contribution is 0.898. The van der Waals surface area contributed by atoms with E-state index in [1.165, 1.54) is 12.8 Å². The van der Waals surface area contributed by atoms with Crippen LogP contribution in [0, 0.1) is 0 Å². The minimum absolute atomic E-state index is 0.529. The van der Waals surface area contributed by atoms with E-state index in [9.17, 15) is 0 Å². The molecule has 0 aromatic rings. The molecule has 0 aromatic heterocycles. The van der Waals surface area contributed by atoms with Crippen molar-refractivity contribution in [3.8, 4) is 0 Å². The molecule has 0 amide bonds. The monoisotopic (exact) mass is 184 g/mol. The Labute approximate surface area is 67.0 Å². The van der Waals surface area contributed by atoms with Crippen LogP contribution in [0.25, 0.3) is 0 Å². The lowest BCUT2D eigenvalue weighted by atomic mass is 10.4. The summed E-state index contributed by atoms with van der Waals surface area (Å²) in [4.78, 5) is 0. The molecule has 0 unspecified atom stereocenters. The van der Waals surface area contributed by atoms with Gasteiger partial charge in [0.25, 0.3) is 0 Å². The molecule has 0 N–H and O–H groups in total. The molecule has 0 bridgehead atoms. The molecule has 0 aliphatic rings. The molecule has 0 aromatic carbocycles. The zero-order chi connectivity index (χ0) is 6.41. The van der Waals surface area contributed by atoms with Crippen molar-refractivity contribution in [2.75, 3.05) is 5.75 Å². The number of rotatable bonds is 4. The van der Waals surface area contributed by atoms with Gasteiger partial charge in [-0.1, -0.05) is 13.3 Å². The largest absolute Gasteiger partial charge is 0.773 e. The highest BCUT2D eigenvalue weighted by Crippen LogP contribution is 2.44. The van der Waals surface area contributed by atoms with Crippen molar-refractivity contribution in [1.82, 2.24) is 0 Å². The fraction of sp³-hybridized carbons (Fsp3) is 1.00. The van der Waals surface area contributed by atoms with E-state index in [0.29, 0.717) is 0 Å². The number of hydrogen-bond acceptors (Lipinski definition) is 3. The molecule has 0 saturated heterocycles. The van der Waals surface area contributed by atoms with Crippen LogP contribution in [0.4, 0.5) is 0 Å². The smallest absolute Gasteiger partial charge is 0.00632 e. The Balaban J connectivity index is 2.72. The van der Waals surface area contributed by atoms with Gasteiger partial charge < -0.3 is 30.0 Å². The van der Waals surface area contributed by atoms with Gasteiger partial charge in [0.2, 0.25) is 0 Å². The molecule has 8 heavy (non-hydrogen) atoms. The molecule has 0 heterocycles. The molecule has 0 atom stereocenters. The van der Waals surface area contributed by atoms with E-state index >= 15 is 0 Å². The molecule has 50 valence electrons. The Kier molecular flexibility index (Phi) is 7.82. The molecule has 4 heteroatoms. The van der Waals surface area contributed by atoms with Gasteiger partial charge in [-0.2, -0.15) is 11.4 Å². The van der Waals surface area contributed by atoms with Crippen LogP contribution in [-0.2, 0) is 24.5 Å². The van der Waals surface area contributed by atoms with Gasteiger partial charge in [-0.25, -0.2) is 0 Å². The summed E-state index contributed by atoms with van der Waals surface area (Å²) in [6.07, 6.45) is 2.51. The van der Waals surface area contributed by atoms with Gasteiger partial charge in [0.15, 0.2) is 0 Å². The SMILES string of the molecule is CCCCSP([S-])[S-]. The van der Waals surface area contributed by atoms with Crippen molar-refractivity contribution < 1.29 is 0 Å². The summed E-state index contributed by atoms with van der Waals surface area (Å²) in [5.41, 5.74) is -0.529. The maximum absolute atomic E-state index is 4.83. The molecule has 0 nitrogen and oxygen atoms in total. The lowest BCUT2D eigenvalue weighted by Crippen LogP contribution is -1.71. The second-order valence-corrected chi connectivity index (χ2v) is 8.67. The van der Waals surface area contributed by atoms with E-state index in [-0.39, 0.29) is 0 Å². The third kappa shape index (κ3) is 7.48. The van der Waals surface area contributed by atoms with E-state index < -0.39 is 5.53 Å². The van der Waals surface area contributed by atoms with Crippen LogP contribution in [0.15, 0.2) is 0 Å². The van der Waals surface area contributed by atoms with Crippen molar-refractivity contribution >= 4 is 41.4 Å². The average molecular weight is 184 g/mol. The fourth-order valence-electron chi connectivity index (χ4n) is 0.283. The van der Waals surface area contributed by atoms with E-state index in [1.807, 2.05) is 0 Å². The first kappa shape index (κ1) is 9.48. The van der Waals surface area contributed by atoms with E-state index in [1.54, 1.807) is 11.4 Å². The Bertz CT molecular complexity index is 48.5. The van der Waals surface area contributed by atoms with Crippen molar-refractivity contribution in [2.45, 2.75) is 19.8 Å². The summed E-state index contributed by atoms with van der Waals surface area (Å²) in [6, 6.07) is 0. The summed E-state index contributed by atoms with van der Waals surface area (Å²) in [6.45, 7) is 2.18. The third-order valence-electron chi connectivity index (χ3n) is 0.695. The standard InChI is InChI=1S/C4H9PS3/c1-2-3-4-8-5(6)7/h2-4H2,1H3/q-2. The zero-order valence-corrected chi connectivity index (χ0v) is 8.14. The zero-order valence-electron chi connectivity index (χ0n) is 4.79. The molecular formula is C4H9PS3-2. The molecule has 0 saturated carbocycles. The number of hydrogen-bond donors (Lipinski definition) is 0. The first-order chi connectivity index (χ1) is 3.77. The van der Waals surface area contributed by atoms with Crippen LogP contribution < -0.4 is 0 Å². The van der Waals surface area contributed by atoms with Crippen LogP contribution in [-0.4, -0.2) is 5.75 Å². The molecule has 0 aliphatic heterocycles. The third-order valence-corrected chi connectivity index (χ3v) is 4.45. The summed E-state index contributed by atoms with van der Waals surface area (Å²) in [5, 5.41) is 0. The van der Waals surface area contributed by atoms with Gasteiger partial charge in [-0.05, 0) is 12.2 Å².